The van der Waals surface area contributed by atoms with E-state index in [0.29, 0.717) is 17.3 Å². The summed E-state index contributed by atoms with van der Waals surface area (Å²) in [5, 5.41) is 14.3. The predicted octanol–water partition coefficient (Wildman–Crippen LogP) is 3.76. The monoisotopic (exact) mass is 349 g/mol. The number of aryl methyl sites for hydroxylation is 1. The lowest BCUT2D eigenvalue weighted by Crippen LogP contribution is -2.04. The number of hydrogen-bond acceptors (Lipinski definition) is 7. The Morgan fingerprint density at radius 3 is 2.54 bits per heavy atom. The average Bonchev–Trinajstić information content (AvgIpc) is 2.66. The third-order valence-electron chi connectivity index (χ3n) is 3.99. The van der Waals surface area contributed by atoms with Crippen LogP contribution in [-0.4, -0.2) is 28.3 Å². The Hall–Kier alpha value is -3.48. The first-order valence-electron chi connectivity index (χ1n) is 8.05. The SMILES string of the molecule is COC(=O)c1ccc(Nc2nncc(Nc3cccc(C)c3C)n2)cc1. The molecule has 7 heteroatoms. The molecular formula is C19H19N5O2. The molecule has 1 heterocycles. The van der Waals surface area contributed by atoms with E-state index in [4.69, 9.17) is 0 Å². The van der Waals surface area contributed by atoms with Crippen molar-refractivity contribution in [3.63, 3.8) is 0 Å². The fourth-order valence-corrected chi connectivity index (χ4v) is 2.38. The summed E-state index contributed by atoms with van der Waals surface area (Å²) in [6.45, 7) is 4.11. The molecule has 2 aromatic carbocycles. The molecule has 0 saturated heterocycles. The van der Waals surface area contributed by atoms with Crippen molar-refractivity contribution in [3.05, 3.63) is 65.4 Å². The van der Waals surface area contributed by atoms with Crippen LogP contribution in [0, 0.1) is 13.8 Å². The molecule has 0 aliphatic carbocycles. The zero-order chi connectivity index (χ0) is 18.5. The van der Waals surface area contributed by atoms with E-state index in [2.05, 4.69) is 43.5 Å². The Labute approximate surface area is 151 Å². The van der Waals surface area contributed by atoms with Crippen LogP contribution in [0.4, 0.5) is 23.1 Å². The number of ether oxygens (including phenoxy) is 1. The van der Waals surface area contributed by atoms with Gasteiger partial charge in [0, 0.05) is 11.4 Å². The van der Waals surface area contributed by atoms with E-state index in [-0.39, 0.29) is 5.97 Å². The molecule has 0 bridgehead atoms. The summed E-state index contributed by atoms with van der Waals surface area (Å²) in [6, 6.07) is 12.9. The topological polar surface area (TPSA) is 89.0 Å². The lowest BCUT2D eigenvalue weighted by molar-refractivity contribution is 0.0601. The Bertz CT molecular complexity index is 925. The van der Waals surface area contributed by atoms with E-state index >= 15 is 0 Å². The van der Waals surface area contributed by atoms with Crippen molar-refractivity contribution in [2.75, 3.05) is 17.7 Å². The maximum atomic E-state index is 11.5. The molecule has 0 amide bonds. The van der Waals surface area contributed by atoms with Crippen molar-refractivity contribution >= 4 is 29.1 Å². The van der Waals surface area contributed by atoms with E-state index in [1.165, 1.54) is 12.7 Å². The van der Waals surface area contributed by atoms with Crippen LogP contribution in [0.3, 0.4) is 0 Å². The number of carbonyl (C=O) groups is 1. The highest BCUT2D eigenvalue weighted by molar-refractivity contribution is 5.89. The number of esters is 1. The van der Waals surface area contributed by atoms with Crippen LogP contribution >= 0.6 is 0 Å². The molecule has 0 atom stereocenters. The molecule has 0 aliphatic heterocycles. The summed E-state index contributed by atoms with van der Waals surface area (Å²) < 4.78 is 4.68. The van der Waals surface area contributed by atoms with Gasteiger partial charge >= 0.3 is 5.97 Å². The molecule has 0 saturated carbocycles. The van der Waals surface area contributed by atoms with Crippen molar-refractivity contribution < 1.29 is 9.53 Å². The second kappa shape index (κ2) is 7.60. The second-order valence-corrected chi connectivity index (χ2v) is 5.73. The molecule has 2 N–H and O–H groups in total. The summed E-state index contributed by atoms with van der Waals surface area (Å²) >= 11 is 0. The van der Waals surface area contributed by atoms with Crippen molar-refractivity contribution in [3.8, 4) is 0 Å². The number of nitrogens with zero attached hydrogens (tertiary/aromatic N) is 3. The third kappa shape index (κ3) is 3.94. The van der Waals surface area contributed by atoms with Crippen molar-refractivity contribution in [2.45, 2.75) is 13.8 Å². The lowest BCUT2D eigenvalue weighted by atomic mass is 10.1. The Balaban J connectivity index is 1.75. The van der Waals surface area contributed by atoms with Gasteiger partial charge in [0.2, 0.25) is 5.95 Å². The number of hydrogen-bond donors (Lipinski definition) is 2. The van der Waals surface area contributed by atoms with Gasteiger partial charge in [0.05, 0.1) is 18.9 Å². The van der Waals surface area contributed by atoms with Crippen molar-refractivity contribution in [1.29, 1.82) is 0 Å². The summed E-state index contributed by atoms with van der Waals surface area (Å²) in [5.74, 6) is 0.558. The zero-order valence-corrected chi connectivity index (χ0v) is 14.8. The van der Waals surface area contributed by atoms with Gasteiger partial charge < -0.3 is 15.4 Å². The Kier molecular flexibility index (Phi) is 5.07. The van der Waals surface area contributed by atoms with Crippen molar-refractivity contribution in [2.24, 2.45) is 0 Å². The molecule has 0 aliphatic rings. The van der Waals surface area contributed by atoms with E-state index in [0.717, 1.165) is 16.9 Å². The van der Waals surface area contributed by atoms with E-state index in [9.17, 15) is 4.79 Å². The van der Waals surface area contributed by atoms with Gasteiger partial charge in [-0.3, -0.25) is 0 Å². The minimum atomic E-state index is -0.380. The van der Waals surface area contributed by atoms with E-state index < -0.39 is 0 Å². The molecule has 1 aromatic heterocycles. The highest BCUT2D eigenvalue weighted by Gasteiger charge is 2.07. The van der Waals surface area contributed by atoms with Gasteiger partial charge in [0.15, 0.2) is 5.82 Å². The fraction of sp³-hybridized carbons (Fsp3) is 0.158. The fourth-order valence-electron chi connectivity index (χ4n) is 2.38. The first-order valence-corrected chi connectivity index (χ1v) is 8.05. The number of rotatable bonds is 5. The van der Waals surface area contributed by atoms with Gasteiger partial charge in [0.1, 0.15) is 0 Å². The van der Waals surface area contributed by atoms with Gasteiger partial charge in [-0.15, -0.1) is 5.10 Å². The standard InChI is InChI=1S/C19H19N5O2/c1-12-5-4-6-16(13(12)2)22-17-11-20-24-19(23-17)21-15-9-7-14(8-10-15)18(25)26-3/h4-11H,1-3H3,(H2,21,22,23,24). The maximum absolute atomic E-state index is 11.5. The number of nitrogens with one attached hydrogen (secondary N) is 2. The molecular weight excluding hydrogens is 330 g/mol. The molecule has 7 nitrogen and oxygen atoms in total. The van der Waals surface area contributed by atoms with Crippen LogP contribution in [0.1, 0.15) is 21.5 Å². The van der Waals surface area contributed by atoms with Crippen LogP contribution in [0.2, 0.25) is 0 Å². The van der Waals surface area contributed by atoms with Crippen LogP contribution in [0.15, 0.2) is 48.7 Å². The molecule has 0 unspecified atom stereocenters. The van der Waals surface area contributed by atoms with Crippen LogP contribution in [0.5, 0.6) is 0 Å². The maximum Gasteiger partial charge on any atom is 0.337 e. The largest absolute Gasteiger partial charge is 0.465 e. The van der Waals surface area contributed by atoms with Gasteiger partial charge in [-0.1, -0.05) is 12.1 Å². The quantitative estimate of drug-likeness (QED) is 0.678. The van der Waals surface area contributed by atoms with Gasteiger partial charge in [-0.2, -0.15) is 10.1 Å². The summed E-state index contributed by atoms with van der Waals surface area (Å²) in [5.41, 5.74) is 4.53. The predicted molar refractivity (Wildman–Crippen MR) is 100 cm³/mol. The highest BCUT2D eigenvalue weighted by atomic mass is 16.5. The van der Waals surface area contributed by atoms with Crippen LogP contribution in [0.25, 0.3) is 0 Å². The molecule has 3 rings (SSSR count). The second-order valence-electron chi connectivity index (χ2n) is 5.73. The van der Waals surface area contributed by atoms with Gasteiger partial charge in [0.25, 0.3) is 0 Å². The number of anilines is 4. The zero-order valence-electron chi connectivity index (χ0n) is 14.8. The summed E-state index contributed by atoms with van der Waals surface area (Å²) in [6.07, 6.45) is 1.56. The Morgan fingerprint density at radius 1 is 1.04 bits per heavy atom. The van der Waals surface area contributed by atoms with Crippen molar-refractivity contribution in [1.82, 2.24) is 15.2 Å². The molecule has 0 fully saturated rings. The number of benzene rings is 2. The van der Waals surface area contributed by atoms with E-state index in [1.54, 1.807) is 30.5 Å². The molecule has 3 aromatic rings. The summed E-state index contributed by atoms with van der Waals surface area (Å²) in [4.78, 5) is 15.9. The smallest absolute Gasteiger partial charge is 0.337 e. The first-order chi connectivity index (χ1) is 12.6. The average molecular weight is 349 g/mol. The van der Waals surface area contributed by atoms with Gasteiger partial charge in [-0.25, -0.2) is 4.79 Å². The lowest BCUT2D eigenvalue weighted by Gasteiger charge is -2.11. The minimum Gasteiger partial charge on any atom is -0.465 e. The number of methoxy groups -OCH3 is 1. The molecule has 0 spiro atoms. The molecule has 0 radical (unpaired) electrons. The number of carbonyl (C=O) groups excluding carboxylic acids is 1. The third-order valence-corrected chi connectivity index (χ3v) is 3.99. The van der Waals surface area contributed by atoms with E-state index in [1.807, 2.05) is 19.1 Å². The molecule has 132 valence electrons. The normalized spacial score (nSPS) is 10.3. The van der Waals surface area contributed by atoms with Crippen LogP contribution < -0.4 is 10.6 Å². The summed E-state index contributed by atoms with van der Waals surface area (Å²) in [7, 11) is 1.35. The highest BCUT2D eigenvalue weighted by Crippen LogP contribution is 2.22. The van der Waals surface area contributed by atoms with Crippen LogP contribution in [-0.2, 0) is 4.74 Å². The van der Waals surface area contributed by atoms with Gasteiger partial charge in [-0.05, 0) is 55.3 Å². The molecule has 26 heavy (non-hydrogen) atoms. The first kappa shape index (κ1) is 17.3. The minimum absolute atomic E-state index is 0.353. The number of aromatic nitrogens is 3. The Morgan fingerprint density at radius 2 is 1.81 bits per heavy atom.